The summed E-state index contributed by atoms with van der Waals surface area (Å²) >= 11 is 0. The summed E-state index contributed by atoms with van der Waals surface area (Å²) in [6.07, 6.45) is 1.66. The maximum atomic E-state index is 1.66. The molecule has 0 unspecified atom stereocenters. The van der Waals surface area contributed by atoms with Crippen molar-refractivity contribution in [1.82, 2.24) is 0 Å². The van der Waals surface area contributed by atoms with Crippen LogP contribution in [0.1, 0.15) is 6.42 Å². The van der Waals surface area contributed by atoms with Gasteiger partial charge in [0.2, 0.25) is 0 Å². The molecule has 36 valence electrons. The standard InChI is InChI=1S/C7H8/c1-2-4-5(2)7-3(1)6(4)7/h2-7H,1H2. The fourth-order valence-corrected chi connectivity index (χ4v) is 3.82. The fraction of sp³-hybridized carbons (Fsp3) is 1.00. The Labute approximate surface area is 42.9 Å². The molecule has 0 N–H and O–H groups in total. The number of rotatable bonds is 0. The first-order valence-electron chi connectivity index (χ1n) is 3.48. The second-order valence-electron chi connectivity index (χ2n) is 3.87. The highest BCUT2D eigenvalue weighted by Gasteiger charge is 2.87. The molecule has 0 radical (unpaired) electrons. The van der Waals surface area contributed by atoms with Crippen molar-refractivity contribution in [3.05, 3.63) is 0 Å². The first-order chi connectivity index (χ1) is 3.48. The van der Waals surface area contributed by atoms with Gasteiger partial charge >= 0.3 is 0 Å². The van der Waals surface area contributed by atoms with Gasteiger partial charge in [-0.15, -0.1) is 0 Å². The molecule has 0 aromatic carbocycles. The van der Waals surface area contributed by atoms with E-state index in [0.717, 1.165) is 0 Å². The lowest BCUT2D eigenvalue weighted by atomic mass is 10.0. The van der Waals surface area contributed by atoms with Gasteiger partial charge in [0.25, 0.3) is 0 Å². The van der Waals surface area contributed by atoms with Crippen molar-refractivity contribution >= 4 is 0 Å². The summed E-state index contributed by atoms with van der Waals surface area (Å²) in [5.41, 5.74) is 0. The van der Waals surface area contributed by atoms with E-state index in [4.69, 9.17) is 0 Å². The van der Waals surface area contributed by atoms with E-state index < -0.39 is 0 Å². The Morgan fingerprint density at radius 3 is 1.29 bits per heavy atom. The van der Waals surface area contributed by atoms with E-state index in [2.05, 4.69) is 0 Å². The van der Waals surface area contributed by atoms with Crippen LogP contribution in [0.3, 0.4) is 0 Å². The minimum Gasteiger partial charge on any atom is -0.0464 e. The maximum Gasteiger partial charge on any atom is -0.0315 e. The lowest BCUT2D eigenvalue weighted by Crippen LogP contribution is -2.00. The van der Waals surface area contributed by atoms with Gasteiger partial charge in [0, 0.05) is 0 Å². The third kappa shape index (κ3) is 0.0938. The lowest BCUT2D eigenvalue weighted by Gasteiger charge is -2.03. The zero-order valence-electron chi connectivity index (χ0n) is 4.17. The van der Waals surface area contributed by atoms with Crippen LogP contribution in [0.15, 0.2) is 0 Å². The Morgan fingerprint density at radius 1 is 0.714 bits per heavy atom. The molecule has 0 spiro atoms. The SMILES string of the molecule is C1C2C3C2C2C1C32. The monoisotopic (exact) mass is 92.1 g/mol. The van der Waals surface area contributed by atoms with E-state index in [0.29, 0.717) is 0 Å². The fourth-order valence-electron chi connectivity index (χ4n) is 3.82. The Kier molecular flexibility index (Phi) is 0.150. The molecular formula is C7H8. The van der Waals surface area contributed by atoms with Crippen molar-refractivity contribution in [2.75, 3.05) is 0 Å². The van der Waals surface area contributed by atoms with Gasteiger partial charge in [-0.3, -0.25) is 0 Å². The molecule has 0 aromatic heterocycles. The number of hydrogen-bond donors (Lipinski definition) is 0. The van der Waals surface area contributed by atoms with E-state index in [9.17, 15) is 0 Å². The minimum absolute atomic E-state index is 1.29. The molecule has 7 heavy (non-hydrogen) atoms. The van der Waals surface area contributed by atoms with Crippen LogP contribution in [-0.2, 0) is 0 Å². The van der Waals surface area contributed by atoms with Crippen molar-refractivity contribution in [3.63, 3.8) is 0 Å². The second-order valence-corrected chi connectivity index (χ2v) is 3.87. The molecule has 5 saturated carbocycles. The van der Waals surface area contributed by atoms with E-state index in [1.54, 1.807) is 6.42 Å². The highest BCUT2D eigenvalue weighted by Crippen LogP contribution is 2.92. The first kappa shape index (κ1) is 2.52. The molecule has 0 aromatic rings. The van der Waals surface area contributed by atoms with Gasteiger partial charge in [-0.25, -0.2) is 0 Å². The largest absolute Gasteiger partial charge is 0.0464 e. The minimum atomic E-state index is 1.29. The van der Waals surface area contributed by atoms with Crippen molar-refractivity contribution in [2.24, 2.45) is 35.5 Å². The van der Waals surface area contributed by atoms with Gasteiger partial charge in [0.1, 0.15) is 0 Å². The van der Waals surface area contributed by atoms with Crippen LogP contribution in [0.25, 0.3) is 0 Å². The summed E-state index contributed by atoms with van der Waals surface area (Å²) in [5, 5.41) is 0. The first-order valence-corrected chi connectivity index (χ1v) is 3.48. The summed E-state index contributed by atoms with van der Waals surface area (Å²) in [7, 11) is 0. The average Bonchev–Trinajstić information content (AvgIpc) is 2.18. The molecule has 0 nitrogen and oxygen atoms in total. The molecule has 0 heterocycles. The van der Waals surface area contributed by atoms with Crippen molar-refractivity contribution < 1.29 is 0 Å². The molecule has 5 rings (SSSR count). The van der Waals surface area contributed by atoms with Crippen molar-refractivity contribution in [1.29, 1.82) is 0 Å². The van der Waals surface area contributed by atoms with Gasteiger partial charge in [0.05, 0.1) is 0 Å². The zero-order chi connectivity index (χ0) is 4.17. The Bertz CT molecular complexity index is 100. The number of hydrogen-bond acceptors (Lipinski definition) is 0. The molecule has 0 aliphatic heterocycles. The third-order valence-electron chi connectivity index (χ3n) is 4.02. The van der Waals surface area contributed by atoms with Crippen LogP contribution in [0.2, 0.25) is 0 Å². The summed E-state index contributed by atoms with van der Waals surface area (Å²) < 4.78 is 0. The van der Waals surface area contributed by atoms with Gasteiger partial charge in [-0.05, 0) is 41.9 Å². The molecule has 5 aliphatic rings. The van der Waals surface area contributed by atoms with Crippen LogP contribution in [0, 0.1) is 35.5 Å². The average molecular weight is 92.1 g/mol. The summed E-state index contributed by atoms with van der Waals surface area (Å²) in [6.45, 7) is 0. The van der Waals surface area contributed by atoms with E-state index in [1.165, 1.54) is 35.5 Å². The smallest absolute Gasteiger partial charge is 0.0315 e. The van der Waals surface area contributed by atoms with Crippen LogP contribution in [0.5, 0.6) is 0 Å². The predicted molar refractivity (Wildman–Crippen MR) is 25.6 cm³/mol. The topological polar surface area (TPSA) is 0 Å². The molecule has 0 atom stereocenters. The predicted octanol–water partition coefficient (Wildman–Crippen LogP) is 1.13. The van der Waals surface area contributed by atoms with E-state index in [1.807, 2.05) is 0 Å². The highest BCUT2D eigenvalue weighted by molar-refractivity contribution is 5.34. The Morgan fingerprint density at radius 2 is 1.14 bits per heavy atom. The van der Waals surface area contributed by atoms with Gasteiger partial charge < -0.3 is 0 Å². The molecule has 2 bridgehead atoms. The van der Waals surface area contributed by atoms with Crippen LogP contribution in [-0.4, -0.2) is 0 Å². The quantitative estimate of drug-likeness (QED) is 0.420. The summed E-state index contributed by atoms with van der Waals surface area (Å²) in [6, 6.07) is 0. The molecule has 0 amide bonds. The van der Waals surface area contributed by atoms with E-state index >= 15 is 0 Å². The normalized spacial score (nSPS) is 96.0. The van der Waals surface area contributed by atoms with Gasteiger partial charge in [0.15, 0.2) is 0 Å². The molecule has 5 fully saturated rings. The van der Waals surface area contributed by atoms with Crippen molar-refractivity contribution in [3.8, 4) is 0 Å². The molecule has 0 saturated heterocycles. The van der Waals surface area contributed by atoms with Gasteiger partial charge in [-0.2, -0.15) is 0 Å². The highest BCUT2D eigenvalue weighted by atomic mass is 14.9. The van der Waals surface area contributed by atoms with Crippen LogP contribution >= 0.6 is 0 Å². The lowest BCUT2D eigenvalue weighted by molar-refractivity contribution is 0.434. The summed E-state index contributed by atoms with van der Waals surface area (Å²) in [4.78, 5) is 0. The molecule has 5 aliphatic carbocycles. The Balaban J connectivity index is 2.20. The maximum absolute atomic E-state index is 1.66. The van der Waals surface area contributed by atoms with Gasteiger partial charge in [-0.1, -0.05) is 0 Å². The van der Waals surface area contributed by atoms with E-state index in [-0.39, 0.29) is 0 Å². The molecule has 0 heteroatoms. The summed E-state index contributed by atoms with van der Waals surface area (Å²) in [5.74, 6) is 7.84. The second kappa shape index (κ2) is 0.416. The third-order valence-corrected chi connectivity index (χ3v) is 4.02. The van der Waals surface area contributed by atoms with Crippen LogP contribution in [0.4, 0.5) is 0 Å². The van der Waals surface area contributed by atoms with Crippen molar-refractivity contribution in [2.45, 2.75) is 6.42 Å². The van der Waals surface area contributed by atoms with Crippen LogP contribution < -0.4 is 0 Å². The molecular weight excluding hydrogens is 84.1 g/mol. The zero-order valence-corrected chi connectivity index (χ0v) is 4.17. The Hall–Kier alpha value is 0.